The fraction of sp³-hybridized carbons (Fsp3) is 0.458. The summed E-state index contributed by atoms with van der Waals surface area (Å²) in [5, 5.41) is 6.71. The first kappa shape index (κ1) is 24.3. The van der Waals surface area contributed by atoms with Crippen LogP contribution in [0.4, 0.5) is 5.69 Å². The molecule has 0 amide bonds. The minimum Gasteiger partial charge on any atom is -0.493 e. The van der Waals surface area contributed by atoms with E-state index in [2.05, 4.69) is 59.8 Å². The maximum absolute atomic E-state index is 5.41. The van der Waals surface area contributed by atoms with Crippen molar-refractivity contribution in [1.29, 1.82) is 0 Å². The van der Waals surface area contributed by atoms with Gasteiger partial charge in [-0.05, 0) is 48.7 Å². The van der Waals surface area contributed by atoms with E-state index in [0.717, 1.165) is 49.2 Å². The number of guanidine groups is 1. The van der Waals surface area contributed by atoms with Crippen molar-refractivity contribution in [2.24, 2.45) is 4.99 Å². The Hall–Kier alpha value is -2.93. The molecule has 0 atom stereocenters. The SMILES string of the molecule is CCNC(=NCc1ccc(NCCOC)cc1)N(C)CCc1ccc(OC)c(OC)c1. The van der Waals surface area contributed by atoms with Gasteiger partial charge in [-0.25, -0.2) is 4.99 Å². The highest BCUT2D eigenvalue weighted by molar-refractivity contribution is 5.79. The average molecular weight is 429 g/mol. The third-order valence-corrected chi connectivity index (χ3v) is 4.88. The van der Waals surface area contributed by atoms with Crippen molar-refractivity contribution in [3.63, 3.8) is 0 Å². The molecule has 0 unspecified atom stereocenters. The molecule has 2 aromatic rings. The lowest BCUT2D eigenvalue weighted by atomic mass is 10.1. The number of methoxy groups -OCH3 is 3. The van der Waals surface area contributed by atoms with Gasteiger partial charge >= 0.3 is 0 Å². The van der Waals surface area contributed by atoms with E-state index in [9.17, 15) is 0 Å². The Labute approximate surface area is 186 Å². The molecule has 0 aromatic heterocycles. The molecule has 2 aromatic carbocycles. The number of nitrogens with one attached hydrogen (secondary N) is 2. The molecule has 0 aliphatic heterocycles. The van der Waals surface area contributed by atoms with Crippen LogP contribution in [0.2, 0.25) is 0 Å². The number of aliphatic imine (C=N–C) groups is 1. The molecule has 0 spiro atoms. The number of benzene rings is 2. The molecule has 0 saturated heterocycles. The van der Waals surface area contributed by atoms with E-state index in [0.29, 0.717) is 13.2 Å². The summed E-state index contributed by atoms with van der Waals surface area (Å²) in [6.07, 6.45) is 0.878. The number of ether oxygens (including phenoxy) is 3. The van der Waals surface area contributed by atoms with Crippen LogP contribution in [0.5, 0.6) is 11.5 Å². The van der Waals surface area contributed by atoms with Gasteiger partial charge in [0.25, 0.3) is 0 Å². The number of anilines is 1. The van der Waals surface area contributed by atoms with E-state index in [1.165, 1.54) is 11.1 Å². The van der Waals surface area contributed by atoms with E-state index < -0.39 is 0 Å². The molecule has 0 fully saturated rings. The Bertz CT molecular complexity index is 809. The summed E-state index contributed by atoms with van der Waals surface area (Å²) in [4.78, 5) is 6.96. The van der Waals surface area contributed by atoms with Gasteiger partial charge in [0, 0.05) is 39.5 Å². The van der Waals surface area contributed by atoms with Crippen molar-refractivity contribution in [2.75, 3.05) is 59.9 Å². The lowest BCUT2D eigenvalue weighted by Crippen LogP contribution is -2.39. The van der Waals surface area contributed by atoms with Crippen LogP contribution in [-0.4, -0.2) is 65.5 Å². The molecule has 0 radical (unpaired) electrons. The number of hydrogen-bond acceptors (Lipinski definition) is 5. The van der Waals surface area contributed by atoms with Crippen LogP contribution < -0.4 is 20.1 Å². The van der Waals surface area contributed by atoms with E-state index in [-0.39, 0.29) is 0 Å². The summed E-state index contributed by atoms with van der Waals surface area (Å²) >= 11 is 0. The summed E-state index contributed by atoms with van der Waals surface area (Å²) in [6, 6.07) is 14.4. The number of likely N-dealkylation sites (N-methyl/N-ethyl adjacent to an activating group) is 1. The monoisotopic (exact) mass is 428 g/mol. The Morgan fingerprint density at radius 1 is 0.968 bits per heavy atom. The van der Waals surface area contributed by atoms with Crippen LogP contribution >= 0.6 is 0 Å². The lowest BCUT2D eigenvalue weighted by molar-refractivity contribution is 0.211. The van der Waals surface area contributed by atoms with Crippen LogP contribution in [0.15, 0.2) is 47.5 Å². The predicted molar refractivity (Wildman–Crippen MR) is 128 cm³/mol. The molecule has 0 heterocycles. The van der Waals surface area contributed by atoms with Crippen molar-refractivity contribution in [3.8, 4) is 11.5 Å². The number of hydrogen-bond donors (Lipinski definition) is 2. The second-order valence-corrected chi connectivity index (χ2v) is 7.15. The Kier molecular flexibility index (Phi) is 10.5. The maximum atomic E-state index is 5.41. The second kappa shape index (κ2) is 13.4. The number of rotatable bonds is 12. The highest BCUT2D eigenvalue weighted by Crippen LogP contribution is 2.27. The van der Waals surface area contributed by atoms with Crippen LogP contribution in [0, 0.1) is 0 Å². The van der Waals surface area contributed by atoms with Gasteiger partial charge in [0.05, 0.1) is 27.4 Å². The quantitative estimate of drug-likeness (QED) is 0.307. The fourth-order valence-electron chi connectivity index (χ4n) is 3.10. The molecule has 2 N–H and O–H groups in total. The maximum Gasteiger partial charge on any atom is 0.193 e. The third kappa shape index (κ3) is 8.02. The largest absolute Gasteiger partial charge is 0.493 e. The molecule has 0 bridgehead atoms. The number of nitrogens with zero attached hydrogens (tertiary/aromatic N) is 2. The predicted octanol–water partition coefficient (Wildman–Crippen LogP) is 3.40. The van der Waals surface area contributed by atoms with E-state index in [1.807, 2.05) is 12.1 Å². The zero-order valence-corrected chi connectivity index (χ0v) is 19.4. The van der Waals surface area contributed by atoms with Gasteiger partial charge < -0.3 is 29.7 Å². The summed E-state index contributed by atoms with van der Waals surface area (Å²) in [7, 11) is 7.07. The first-order chi connectivity index (χ1) is 15.1. The summed E-state index contributed by atoms with van der Waals surface area (Å²) in [6.45, 7) is 5.85. The highest BCUT2D eigenvalue weighted by atomic mass is 16.5. The normalized spacial score (nSPS) is 11.2. The van der Waals surface area contributed by atoms with Crippen molar-refractivity contribution >= 4 is 11.6 Å². The first-order valence-electron chi connectivity index (χ1n) is 10.6. The topological polar surface area (TPSA) is 67.4 Å². The summed E-state index contributed by atoms with van der Waals surface area (Å²) in [5.41, 5.74) is 3.45. The molecule has 0 aliphatic carbocycles. The van der Waals surface area contributed by atoms with Gasteiger partial charge in [-0.2, -0.15) is 0 Å². The standard InChI is InChI=1S/C24H36N4O3/c1-6-25-24(27-18-20-7-10-21(11-8-20)26-14-16-29-3)28(2)15-13-19-9-12-22(30-4)23(17-19)31-5/h7-12,17,26H,6,13-16,18H2,1-5H3,(H,25,27). The van der Waals surface area contributed by atoms with E-state index >= 15 is 0 Å². The molecule has 0 aliphatic rings. The Balaban J connectivity index is 1.95. The van der Waals surface area contributed by atoms with Crippen LogP contribution in [-0.2, 0) is 17.7 Å². The van der Waals surface area contributed by atoms with Gasteiger partial charge in [-0.1, -0.05) is 18.2 Å². The zero-order valence-electron chi connectivity index (χ0n) is 19.4. The smallest absolute Gasteiger partial charge is 0.193 e. The highest BCUT2D eigenvalue weighted by Gasteiger charge is 2.08. The second-order valence-electron chi connectivity index (χ2n) is 7.15. The van der Waals surface area contributed by atoms with Crippen LogP contribution in [0.3, 0.4) is 0 Å². The van der Waals surface area contributed by atoms with Crippen molar-refractivity contribution < 1.29 is 14.2 Å². The van der Waals surface area contributed by atoms with E-state index in [4.69, 9.17) is 19.2 Å². The van der Waals surface area contributed by atoms with Gasteiger partial charge in [0.2, 0.25) is 0 Å². The molecular formula is C24H36N4O3. The molecule has 170 valence electrons. The van der Waals surface area contributed by atoms with Gasteiger partial charge in [0.1, 0.15) is 0 Å². The Morgan fingerprint density at radius 3 is 2.32 bits per heavy atom. The fourth-order valence-corrected chi connectivity index (χ4v) is 3.10. The van der Waals surface area contributed by atoms with Crippen molar-refractivity contribution in [3.05, 3.63) is 53.6 Å². The molecule has 31 heavy (non-hydrogen) atoms. The molecule has 7 heteroatoms. The van der Waals surface area contributed by atoms with Gasteiger partial charge in [-0.3, -0.25) is 0 Å². The minimum atomic E-state index is 0.626. The summed E-state index contributed by atoms with van der Waals surface area (Å²) < 4.78 is 15.8. The van der Waals surface area contributed by atoms with Crippen molar-refractivity contribution in [1.82, 2.24) is 10.2 Å². The first-order valence-corrected chi connectivity index (χ1v) is 10.6. The molecule has 7 nitrogen and oxygen atoms in total. The third-order valence-electron chi connectivity index (χ3n) is 4.88. The average Bonchev–Trinajstić information content (AvgIpc) is 2.81. The zero-order chi connectivity index (χ0) is 22.5. The van der Waals surface area contributed by atoms with Crippen molar-refractivity contribution in [2.45, 2.75) is 19.9 Å². The van der Waals surface area contributed by atoms with Crippen LogP contribution in [0.1, 0.15) is 18.1 Å². The Morgan fingerprint density at radius 2 is 1.68 bits per heavy atom. The lowest BCUT2D eigenvalue weighted by Gasteiger charge is -2.22. The van der Waals surface area contributed by atoms with E-state index in [1.54, 1.807) is 21.3 Å². The molecule has 2 rings (SSSR count). The molecule has 0 saturated carbocycles. The minimum absolute atomic E-state index is 0.626. The molecular weight excluding hydrogens is 392 g/mol. The van der Waals surface area contributed by atoms with Gasteiger partial charge in [-0.15, -0.1) is 0 Å². The summed E-state index contributed by atoms with van der Waals surface area (Å²) in [5.74, 6) is 2.39. The van der Waals surface area contributed by atoms with Gasteiger partial charge in [0.15, 0.2) is 17.5 Å². The van der Waals surface area contributed by atoms with Crippen LogP contribution in [0.25, 0.3) is 0 Å².